The minimum Gasteiger partial charge on any atom is -0.503 e. The summed E-state index contributed by atoms with van der Waals surface area (Å²) in [4.78, 5) is 47.1. The number of nitrogens with one attached hydrogen (secondary N) is 1. The van der Waals surface area contributed by atoms with E-state index in [9.17, 15) is 41.1 Å². The molecule has 2 N–H and O–H groups in total. The molecular formula is C29H29F3N4O7S. The Bertz CT molecular complexity index is 1840. The zero-order chi connectivity index (χ0) is 32.4. The van der Waals surface area contributed by atoms with Gasteiger partial charge in [0.25, 0.3) is 11.8 Å². The van der Waals surface area contributed by atoms with E-state index in [0.29, 0.717) is 25.0 Å². The maximum atomic E-state index is 14.1. The van der Waals surface area contributed by atoms with Gasteiger partial charge in [-0.2, -0.15) is 0 Å². The molecule has 2 bridgehead atoms. The highest BCUT2D eigenvalue weighted by Crippen LogP contribution is 2.46. The van der Waals surface area contributed by atoms with Gasteiger partial charge in [-0.3, -0.25) is 14.4 Å². The second-order valence-electron chi connectivity index (χ2n) is 11.8. The lowest BCUT2D eigenvalue weighted by molar-refractivity contribution is -0.0655. The van der Waals surface area contributed by atoms with Crippen LogP contribution in [0.5, 0.6) is 5.75 Å². The van der Waals surface area contributed by atoms with E-state index in [1.165, 1.54) is 23.3 Å². The molecule has 44 heavy (non-hydrogen) atoms. The number of pyridine rings is 1. The van der Waals surface area contributed by atoms with Crippen molar-refractivity contribution in [2.75, 3.05) is 12.8 Å². The number of aromatic nitrogens is 1. The summed E-state index contributed by atoms with van der Waals surface area (Å²) in [5.74, 6) is -0.865. The van der Waals surface area contributed by atoms with Crippen LogP contribution in [0.3, 0.4) is 0 Å². The van der Waals surface area contributed by atoms with Gasteiger partial charge >= 0.3 is 0 Å². The minimum absolute atomic E-state index is 0.0629. The number of sulfone groups is 1. The fourth-order valence-corrected chi connectivity index (χ4v) is 5.74. The lowest BCUT2D eigenvalue weighted by Gasteiger charge is -2.41. The Morgan fingerprint density at radius 2 is 1.91 bits per heavy atom. The van der Waals surface area contributed by atoms with Crippen LogP contribution >= 0.6 is 0 Å². The Hall–Kier alpha value is -4.32. The number of aromatic hydroxyl groups is 1. The molecule has 3 aliphatic heterocycles. The van der Waals surface area contributed by atoms with Crippen molar-refractivity contribution in [3.05, 3.63) is 62.8 Å². The number of nitrogens with zero attached hydrogens (tertiary/aromatic N) is 3. The van der Waals surface area contributed by atoms with Crippen LogP contribution in [0.15, 0.2) is 28.3 Å². The molecule has 11 nitrogen and oxygen atoms in total. The van der Waals surface area contributed by atoms with Crippen LogP contribution in [-0.4, -0.2) is 69.7 Å². The Morgan fingerprint density at radius 3 is 2.55 bits per heavy atom. The molecule has 1 spiro atoms. The molecule has 234 valence electrons. The van der Waals surface area contributed by atoms with Gasteiger partial charge in [-0.1, -0.05) is 11.1 Å². The number of amides is 2. The molecule has 0 radical (unpaired) electrons. The standard InChI is InChI=1S/C29H29F3N4O7S/c1-15-5-8-29(11-17(34-43-29)6-7-28(2,3)44(4,41)42)22-14-35(15)27(40)23-25(38)24(37)19(13-36(22)23)26(39)33-12-18-20(31)9-16(30)10-21(18)32/h9-10,13,15,22,38H,5,8,11-12,14H2,1-4H3,(H,33,39)/t15-,22+,29-/m0/s1. The minimum atomic E-state index is -3.52. The van der Waals surface area contributed by atoms with Crippen LogP contribution in [0.1, 0.15) is 72.5 Å². The summed E-state index contributed by atoms with van der Waals surface area (Å²) >= 11 is 0. The first kappa shape index (κ1) is 31.1. The third-order valence-corrected chi connectivity index (χ3v) is 10.5. The highest BCUT2D eigenvalue weighted by molar-refractivity contribution is 7.92. The van der Waals surface area contributed by atoms with Gasteiger partial charge in [0.2, 0.25) is 5.43 Å². The van der Waals surface area contributed by atoms with E-state index in [0.717, 1.165) is 12.5 Å². The maximum absolute atomic E-state index is 14.1. The summed E-state index contributed by atoms with van der Waals surface area (Å²) in [6.45, 7) is 4.05. The van der Waals surface area contributed by atoms with Gasteiger partial charge in [0.05, 0.1) is 6.04 Å². The molecule has 1 saturated heterocycles. The topological polar surface area (TPSA) is 147 Å². The van der Waals surface area contributed by atoms with Gasteiger partial charge in [0, 0.05) is 55.7 Å². The lowest BCUT2D eigenvalue weighted by Crippen LogP contribution is -2.52. The number of halogens is 3. The van der Waals surface area contributed by atoms with Crippen molar-refractivity contribution >= 4 is 27.4 Å². The number of carbonyl (C=O) groups excluding carboxylic acids is 2. The fourth-order valence-electron chi connectivity index (χ4n) is 5.50. The SMILES string of the molecule is C[C@H]1CC[C@]2(CC(C#CC(C)(C)S(C)(=O)=O)=NO2)[C@H]2CN1C(=O)c1c(O)c(=O)c(C(=O)NCc3c(F)cc(F)cc3F)cn12. The van der Waals surface area contributed by atoms with E-state index >= 15 is 0 Å². The van der Waals surface area contributed by atoms with Crippen LogP contribution in [-0.2, 0) is 21.2 Å². The Morgan fingerprint density at radius 1 is 1.25 bits per heavy atom. The van der Waals surface area contributed by atoms with E-state index in [-0.39, 0.29) is 30.4 Å². The summed E-state index contributed by atoms with van der Waals surface area (Å²) < 4.78 is 65.7. The van der Waals surface area contributed by atoms with E-state index < -0.39 is 84.3 Å². The molecule has 0 unspecified atom stereocenters. The summed E-state index contributed by atoms with van der Waals surface area (Å²) in [7, 11) is -3.52. The largest absolute Gasteiger partial charge is 0.503 e. The summed E-state index contributed by atoms with van der Waals surface area (Å²) in [5, 5.41) is 17.3. The Balaban J connectivity index is 1.52. The number of carbonyl (C=O) groups is 2. The highest BCUT2D eigenvalue weighted by Gasteiger charge is 2.54. The summed E-state index contributed by atoms with van der Waals surface area (Å²) in [6, 6.07) is -0.216. The van der Waals surface area contributed by atoms with Crippen molar-refractivity contribution in [1.82, 2.24) is 14.8 Å². The fraction of sp³-hybridized carbons (Fsp3) is 0.448. The predicted molar refractivity (Wildman–Crippen MR) is 151 cm³/mol. The number of fused-ring (bicyclic) bond motifs is 5. The normalized spacial score (nSPS) is 22.8. The third-order valence-electron chi connectivity index (χ3n) is 8.52. The van der Waals surface area contributed by atoms with E-state index in [2.05, 4.69) is 22.3 Å². The van der Waals surface area contributed by atoms with Crippen molar-refractivity contribution < 1.29 is 41.1 Å². The molecule has 2 aromatic rings. The molecule has 1 aromatic heterocycles. The molecule has 2 amide bonds. The first-order valence-corrected chi connectivity index (χ1v) is 15.5. The molecule has 3 atom stereocenters. The van der Waals surface area contributed by atoms with Crippen LogP contribution < -0.4 is 10.7 Å². The van der Waals surface area contributed by atoms with Gasteiger partial charge in [-0.15, -0.1) is 0 Å². The monoisotopic (exact) mass is 634 g/mol. The molecule has 0 saturated carbocycles. The van der Waals surface area contributed by atoms with E-state index in [4.69, 9.17) is 4.84 Å². The maximum Gasteiger partial charge on any atom is 0.274 e. The van der Waals surface area contributed by atoms with Gasteiger partial charge in [-0.25, -0.2) is 21.6 Å². The molecule has 1 fully saturated rings. The van der Waals surface area contributed by atoms with Crippen LogP contribution in [0.2, 0.25) is 0 Å². The van der Waals surface area contributed by atoms with Crippen molar-refractivity contribution in [3.63, 3.8) is 0 Å². The van der Waals surface area contributed by atoms with E-state index in [1.807, 2.05) is 0 Å². The molecule has 1 aromatic carbocycles. The zero-order valence-corrected chi connectivity index (χ0v) is 25.0. The average Bonchev–Trinajstić information content (AvgIpc) is 3.30. The summed E-state index contributed by atoms with van der Waals surface area (Å²) in [6.07, 6.45) is 3.07. The summed E-state index contributed by atoms with van der Waals surface area (Å²) in [5.41, 5.74) is -3.69. The smallest absolute Gasteiger partial charge is 0.274 e. The molecule has 3 aliphatic rings. The lowest BCUT2D eigenvalue weighted by atomic mass is 9.84. The van der Waals surface area contributed by atoms with E-state index in [1.54, 1.807) is 6.92 Å². The predicted octanol–water partition coefficient (Wildman–Crippen LogP) is 2.42. The Labute approximate surface area is 250 Å². The molecule has 15 heteroatoms. The quantitative estimate of drug-likeness (QED) is 0.491. The van der Waals surface area contributed by atoms with Gasteiger partial charge in [-0.05, 0) is 39.5 Å². The number of oxime groups is 1. The van der Waals surface area contributed by atoms with Crippen molar-refractivity contribution in [2.24, 2.45) is 5.16 Å². The number of hydrogen-bond donors (Lipinski definition) is 2. The second-order valence-corrected chi connectivity index (χ2v) is 14.3. The van der Waals surface area contributed by atoms with Crippen LogP contribution in [0, 0.1) is 29.3 Å². The van der Waals surface area contributed by atoms with Crippen LogP contribution in [0.4, 0.5) is 13.2 Å². The van der Waals surface area contributed by atoms with Crippen molar-refractivity contribution in [2.45, 2.75) is 69.0 Å². The molecule has 0 aliphatic carbocycles. The first-order chi connectivity index (χ1) is 20.5. The first-order valence-electron chi connectivity index (χ1n) is 13.6. The highest BCUT2D eigenvalue weighted by atomic mass is 32.2. The van der Waals surface area contributed by atoms with Crippen LogP contribution in [0.25, 0.3) is 0 Å². The Kier molecular flexibility index (Phi) is 7.56. The average molecular weight is 635 g/mol. The zero-order valence-electron chi connectivity index (χ0n) is 24.2. The number of rotatable bonds is 4. The van der Waals surface area contributed by atoms with Crippen molar-refractivity contribution in [1.29, 1.82) is 0 Å². The van der Waals surface area contributed by atoms with Gasteiger partial charge < -0.3 is 24.7 Å². The molecular weight excluding hydrogens is 605 g/mol. The molecule has 4 heterocycles. The molecule has 5 rings (SSSR count). The number of hydrogen-bond acceptors (Lipinski definition) is 8. The van der Waals surface area contributed by atoms with Gasteiger partial charge in [0.15, 0.2) is 26.9 Å². The second kappa shape index (κ2) is 10.7. The van der Waals surface area contributed by atoms with Crippen molar-refractivity contribution in [3.8, 4) is 17.6 Å². The number of benzene rings is 1. The third kappa shape index (κ3) is 5.21. The van der Waals surface area contributed by atoms with Gasteiger partial charge in [0.1, 0.15) is 33.5 Å².